The number of rotatable bonds is 5. The first-order chi connectivity index (χ1) is 13.1. The molecule has 156 valence electrons. The van der Waals surface area contributed by atoms with Gasteiger partial charge in [0.05, 0.1) is 17.3 Å². The number of aryl methyl sites for hydroxylation is 2. The number of likely N-dealkylation sites (tertiary alicyclic amines) is 1. The van der Waals surface area contributed by atoms with Crippen LogP contribution in [0.25, 0.3) is 0 Å². The summed E-state index contributed by atoms with van der Waals surface area (Å²) in [4.78, 5) is 26.5. The van der Waals surface area contributed by atoms with Crippen LogP contribution in [0.5, 0.6) is 0 Å². The number of piperidine rings is 1. The van der Waals surface area contributed by atoms with E-state index in [1.807, 2.05) is 13.8 Å². The van der Waals surface area contributed by atoms with E-state index in [0.717, 1.165) is 0 Å². The smallest absolute Gasteiger partial charge is 0.246 e. The van der Waals surface area contributed by atoms with Gasteiger partial charge in [-0.3, -0.25) is 14.7 Å². The van der Waals surface area contributed by atoms with E-state index in [1.165, 1.54) is 4.31 Å². The fraction of sp³-hybridized carbons (Fsp3) is 0.722. The Labute approximate surface area is 165 Å². The maximum Gasteiger partial charge on any atom is 0.246 e. The maximum atomic E-state index is 12.9. The lowest BCUT2D eigenvalue weighted by atomic mass is 10.0. The van der Waals surface area contributed by atoms with Crippen LogP contribution in [0.1, 0.15) is 44.5 Å². The van der Waals surface area contributed by atoms with E-state index in [-0.39, 0.29) is 41.1 Å². The number of nitrogens with one attached hydrogen (secondary N) is 2. The Morgan fingerprint density at radius 3 is 2.39 bits per heavy atom. The fourth-order valence-electron chi connectivity index (χ4n) is 4.02. The van der Waals surface area contributed by atoms with Crippen LogP contribution in [0.2, 0.25) is 0 Å². The first kappa shape index (κ1) is 20.8. The summed E-state index contributed by atoms with van der Waals surface area (Å²) in [5, 5.41) is 9.71. The van der Waals surface area contributed by atoms with Crippen LogP contribution in [0.3, 0.4) is 0 Å². The number of carbonyl (C=O) groups is 2. The summed E-state index contributed by atoms with van der Waals surface area (Å²) in [6.45, 7) is 8.40. The fourth-order valence-corrected chi connectivity index (χ4v) is 5.82. The molecule has 2 amide bonds. The summed E-state index contributed by atoms with van der Waals surface area (Å²) in [6.07, 6.45) is 1.35. The molecule has 28 heavy (non-hydrogen) atoms. The van der Waals surface area contributed by atoms with Gasteiger partial charge in [-0.2, -0.15) is 9.40 Å². The van der Waals surface area contributed by atoms with Crippen LogP contribution in [-0.4, -0.2) is 71.4 Å². The number of aromatic nitrogens is 2. The summed E-state index contributed by atoms with van der Waals surface area (Å²) in [7, 11) is -3.60. The molecule has 3 heterocycles. The van der Waals surface area contributed by atoms with Crippen molar-refractivity contribution in [2.75, 3.05) is 19.6 Å². The second kappa shape index (κ2) is 7.82. The van der Waals surface area contributed by atoms with Gasteiger partial charge in [0.25, 0.3) is 0 Å². The van der Waals surface area contributed by atoms with Crippen molar-refractivity contribution in [3.8, 4) is 0 Å². The van der Waals surface area contributed by atoms with E-state index in [2.05, 4.69) is 15.5 Å². The van der Waals surface area contributed by atoms with Gasteiger partial charge in [0, 0.05) is 38.1 Å². The van der Waals surface area contributed by atoms with Gasteiger partial charge in [-0.05, 0) is 40.5 Å². The average Bonchev–Trinajstić information content (AvgIpc) is 3.18. The summed E-state index contributed by atoms with van der Waals surface area (Å²) in [5.74, 6) is -0.422. The molecular formula is C18H29N5O4S. The minimum Gasteiger partial charge on any atom is -0.353 e. The number of hydrogen-bond acceptors (Lipinski definition) is 5. The summed E-state index contributed by atoms with van der Waals surface area (Å²) in [6, 6.07) is 0.0160. The van der Waals surface area contributed by atoms with Crippen molar-refractivity contribution in [3.05, 3.63) is 11.4 Å². The molecule has 9 nitrogen and oxygen atoms in total. The van der Waals surface area contributed by atoms with Gasteiger partial charge >= 0.3 is 0 Å². The van der Waals surface area contributed by atoms with E-state index in [1.54, 1.807) is 18.7 Å². The van der Waals surface area contributed by atoms with Gasteiger partial charge in [-0.25, -0.2) is 8.42 Å². The zero-order valence-corrected chi connectivity index (χ0v) is 17.7. The van der Waals surface area contributed by atoms with Crippen LogP contribution in [0.4, 0.5) is 0 Å². The van der Waals surface area contributed by atoms with Gasteiger partial charge in [0.1, 0.15) is 4.90 Å². The molecule has 0 spiro atoms. The minimum absolute atomic E-state index is 0.0157. The largest absolute Gasteiger partial charge is 0.353 e. The Hall–Kier alpha value is -1.94. The summed E-state index contributed by atoms with van der Waals surface area (Å²) in [5.41, 5.74) is 1.00. The standard InChI is InChI=1S/C18H29N5O4S/c1-11(2)23-10-14(9-16(23)24)18(25)19-15-5-7-22(8-6-15)28(26,27)17-12(3)20-21-13(17)4/h11,14-15H,5-10H2,1-4H3,(H,19,25)(H,20,21). The van der Waals surface area contributed by atoms with Crippen molar-refractivity contribution in [2.45, 2.75) is 63.9 Å². The second-order valence-electron chi connectivity index (χ2n) is 7.99. The molecule has 0 radical (unpaired) electrons. The zero-order chi connectivity index (χ0) is 20.6. The van der Waals surface area contributed by atoms with Crippen LogP contribution >= 0.6 is 0 Å². The molecule has 3 rings (SSSR count). The molecule has 2 N–H and O–H groups in total. The SMILES string of the molecule is Cc1n[nH]c(C)c1S(=O)(=O)N1CCC(NC(=O)C2CC(=O)N(C(C)C)C2)CC1. The van der Waals surface area contributed by atoms with Gasteiger partial charge in [-0.1, -0.05) is 0 Å². The topological polar surface area (TPSA) is 115 Å². The van der Waals surface area contributed by atoms with Crippen LogP contribution in [-0.2, 0) is 19.6 Å². The van der Waals surface area contributed by atoms with Crippen molar-refractivity contribution < 1.29 is 18.0 Å². The molecule has 1 unspecified atom stereocenters. The number of carbonyl (C=O) groups excluding carboxylic acids is 2. The van der Waals surface area contributed by atoms with Gasteiger partial charge in [-0.15, -0.1) is 0 Å². The Morgan fingerprint density at radius 2 is 1.89 bits per heavy atom. The second-order valence-corrected chi connectivity index (χ2v) is 9.87. The molecule has 0 aliphatic carbocycles. The van der Waals surface area contributed by atoms with Crippen molar-refractivity contribution in [3.63, 3.8) is 0 Å². The Morgan fingerprint density at radius 1 is 1.25 bits per heavy atom. The van der Waals surface area contributed by atoms with Gasteiger partial charge in [0.15, 0.2) is 0 Å². The van der Waals surface area contributed by atoms with E-state index in [0.29, 0.717) is 43.9 Å². The Kier molecular flexibility index (Phi) is 5.81. The van der Waals surface area contributed by atoms with Gasteiger partial charge < -0.3 is 10.2 Å². The average molecular weight is 412 g/mol. The number of H-pyrrole nitrogens is 1. The molecule has 2 aliphatic rings. The van der Waals surface area contributed by atoms with E-state index in [4.69, 9.17) is 0 Å². The van der Waals surface area contributed by atoms with E-state index >= 15 is 0 Å². The lowest BCUT2D eigenvalue weighted by molar-refractivity contribution is -0.130. The van der Waals surface area contributed by atoms with E-state index in [9.17, 15) is 18.0 Å². The predicted molar refractivity (Wildman–Crippen MR) is 103 cm³/mol. The number of nitrogens with zero attached hydrogens (tertiary/aromatic N) is 3. The number of amides is 2. The third-order valence-electron chi connectivity index (χ3n) is 5.61. The van der Waals surface area contributed by atoms with Crippen molar-refractivity contribution in [1.29, 1.82) is 0 Å². The molecule has 10 heteroatoms. The van der Waals surface area contributed by atoms with E-state index < -0.39 is 10.0 Å². The molecule has 1 aromatic rings. The minimum atomic E-state index is -3.60. The number of aromatic amines is 1. The highest BCUT2D eigenvalue weighted by Gasteiger charge is 2.37. The third-order valence-corrected chi connectivity index (χ3v) is 7.77. The summed E-state index contributed by atoms with van der Waals surface area (Å²) < 4.78 is 27.3. The van der Waals surface area contributed by atoms with Gasteiger partial charge in [0.2, 0.25) is 21.8 Å². The molecular weight excluding hydrogens is 382 g/mol. The predicted octanol–water partition coefficient (Wildman–Crippen LogP) is 0.553. The van der Waals surface area contributed by atoms with Crippen molar-refractivity contribution >= 4 is 21.8 Å². The monoisotopic (exact) mass is 411 g/mol. The number of hydrogen-bond donors (Lipinski definition) is 2. The maximum absolute atomic E-state index is 12.9. The Balaban J connectivity index is 1.56. The molecule has 0 saturated carbocycles. The normalized spacial score (nSPS) is 22.2. The lowest BCUT2D eigenvalue weighted by Gasteiger charge is -2.32. The Bertz CT molecular complexity index is 836. The third kappa shape index (κ3) is 3.93. The first-order valence-corrected chi connectivity index (χ1v) is 11.2. The molecule has 1 aromatic heterocycles. The molecule has 2 fully saturated rings. The van der Waals surface area contributed by atoms with Crippen LogP contribution < -0.4 is 5.32 Å². The molecule has 2 saturated heterocycles. The van der Waals surface area contributed by atoms with Crippen LogP contribution in [0, 0.1) is 19.8 Å². The first-order valence-electron chi connectivity index (χ1n) is 9.72. The highest BCUT2D eigenvalue weighted by Crippen LogP contribution is 2.25. The van der Waals surface area contributed by atoms with Crippen molar-refractivity contribution in [1.82, 2.24) is 24.7 Å². The molecule has 0 bridgehead atoms. The quantitative estimate of drug-likeness (QED) is 0.734. The molecule has 1 atom stereocenters. The number of sulfonamides is 1. The molecule has 0 aromatic carbocycles. The van der Waals surface area contributed by atoms with Crippen molar-refractivity contribution in [2.24, 2.45) is 5.92 Å². The molecule has 2 aliphatic heterocycles. The lowest BCUT2D eigenvalue weighted by Crippen LogP contribution is -2.48. The highest BCUT2D eigenvalue weighted by molar-refractivity contribution is 7.89. The summed E-state index contributed by atoms with van der Waals surface area (Å²) >= 11 is 0. The highest BCUT2D eigenvalue weighted by atomic mass is 32.2. The van der Waals surface area contributed by atoms with Crippen LogP contribution in [0.15, 0.2) is 4.90 Å². The zero-order valence-electron chi connectivity index (χ0n) is 16.9.